The van der Waals surface area contributed by atoms with Crippen LogP contribution in [0.2, 0.25) is 0 Å². The first-order valence-corrected chi connectivity index (χ1v) is 8.57. The number of rotatable bonds is 4. The van der Waals surface area contributed by atoms with Gasteiger partial charge in [-0.2, -0.15) is 5.10 Å². The van der Waals surface area contributed by atoms with Crippen LogP contribution < -0.4 is 10.2 Å². The molecule has 0 radical (unpaired) electrons. The van der Waals surface area contributed by atoms with Crippen LogP contribution in [0.15, 0.2) is 82.9 Å². The van der Waals surface area contributed by atoms with E-state index in [4.69, 9.17) is 9.73 Å². The quantitative estimate of drug-likeness (QED) is 0.553. The molecule has 7 heteroatoms. The van der Waals surface area contributed by atoms with E-state index in [0.717, 1.165) is 28.1 Å². The van der Waals surface area contributed by atoms with E-state index in [9.17, 15) is 10.1 Å². The van der Waals surface area contributed by atoms with Crippen molar-refractivity contribution in [1.29, 1.82) is 0 Å². The topological polar surface area (TPSA) is 89.1 Å². The Labute approximate surface area is 161 Å². The zero-order chi connectivity index (χ0) is 19.5. The number of hydrogen-bond donors (Lipinski definition) is 1. The number of non-ortho nitro benzene ring substituents is 1. The molecule has 0 aromatic heterocycles. The summed E-state index contributed by atoms with van der Waals surface area (Å²) in [5.41, 5.74) is 6.96. The van der Waals surface area contributed by atoms with E-state index in [1.54, 1.807) is 19.2 Å². The average molecular weight is 372 g/mol. The van der Waals surface area contributed by atoms with Gasteiger partial charge in [-0.3, -0.25) is 15.5 Å². The lowest BCUT2D eigenvalue weighted by Gasteiger charge is -2.07. The zero-order valence-corrected chi connectivity index (χ0v) is 15.0. The summed E-state index contributed by atoms with van der Waals surface area (Å²) in [6, 6.07) is 21.5. The number of para-hydroxylation sites is 1. The first kappa shape index (κ1) is 17.4. The standard InChI is InChI=1S/C21H16N4O3/c1-28-17-12-8-15(9-13-17)21-22-19-5-3-2-4-18(19)20(23-24-21)14-6-10-16(11-7-14)25(26)27/h2-13H,1H3,(H,22,24). The maximum Gasteiger partial charge on any atom is 0.269 e. The Bertz CT molecular complexity index is 1090. The smallest absolute Gasteiger partial charge is 0.269 e. The number of benzene rings is 3. The number of fused-ring (bicyclic) bond motifs is 1. The van der Waals surface area contributed by atoms with Crippen LogP contribution in [0.4, 0.5) is 11.4 Å². The lowest BCUT2D eigenvalue weighted by atomic mass is 10.0. The summed E-state index contributed by atoms with van der Waals surface area (Å²) in [7, 11) is 1.62. The van der Waals surface area contributed by atoms with Crippen molar-refractivity contribution in [3.05, 3.63) is 99.6 Å². The number of nitro benzene ring substituents is 1. The molecule has 0 atom stereocenters. The normalized spacial score (nSPS) is 12.8. The fraction of sp³-hybridized carbons (Fsp3) is 0.0476. The fourth-order valence-electron chi connectivity index (χ4n) is 2.92. The molecule has 0 spiro atoms. The van der Waals surface area contributed by atoms with E-state index in [0.29, 0.717) is 11.5 Å². The van der Waals surface area contributed by atoms with Crippen LogP contribution in [-0.4, -0.2) is 23.6 Å². The van der Waals surface area contributed by atoms with Crippen molar-refractivity contribution in [3.63, 3.8) is 0 Å². The third-order valence-electron chi connectivity index (χ3n) is 4.38. The second-order valence-corrected chi connectivity index (χ2v) is 6.08. The molecule has 0 fully saturated rings. The fourth-order valence-corrected chi connectivity index (χ4v) is 2.92. The summed E-state index contributed by atoms with van der Waals surface area (Å²) in [5, 5.41) is 15.5. The van der Waals surface area contributed by atoms with Crippen molar-refractivity contribution in [3.8, 4) is 5.75 Å². The van der Waals surface area contributed by atoms with Crippen molar-refractivity contribution >= 4 is 22.9 Å². The van der Waals surface area contributed by atoms with E-state index >= 15 is 0 Å². The van der Waals surface area contributed by atoms with Crippen LogP contribution in [0, 0.1) is 10.1 Å². The number of nitrogens with one attached hydrogen (secondary N) is 1. The molecule has 1 aliphatic rings. The molecule has 0 saturated heterocycles. The lowest BCUT2D eigenvalue weighted by Crippen LogP contribution is -2.19. The van der Waals surface area contributed by atoms with Crippen LogP contribution in [0.1, 0.15) is 16.7 Å². The minimum absolute atomic E-state index is 0.0365. The minimum atomic E-state index is -0.421. The second-order valence-electron chi connectivity index (χ2n) is 6.08. The highest BCUT2D eigenvalue weighted by molar-refractivity contribution is 6.18. The Morgan fingerprint density at radius 1 is 0.929 bits per heavy atom. The van der Waals surface area contributed by atoms with Gasteiger partial charge in [0.15, 0.2) is 5.84 Å². The van der Waals surface area contributed by atoms with Crippen LogP contribution in [0.25, 0.3) is 0 Å². The summed E-state index contributed by atoms with van der Waals surface area (Å²) in [6.45, 7) is 0. The van der Waals surface area contributed by atoms with Gasteiger partial charge < -0.3 is 4.74 Å². The molecule has 1 N–H and O–H groups in total. The number of nitro groups is 1. The molecule has 0 saturated carbocycles. The molecule has 1 aliphatic heterocycles. The highest BCUT2D eigenvalue weighted by atomic mass is 16.6. The maximum absolute atomic E-state index is 10.9. The van der Waals surface area contributed by atoms with E-state index in [2.05, 4.69) is 10.5 Å². The van der Waals surface area contributed by atoms with E-state index in [-0.39, 0.29) is 5.69 Å². The molecular formula is C21H16N4O3. The number of ether oxygens (including phenoxy) is 1. The highest BCUT2D eigenvalue weighted by Crippen LogP contribution is 2.26. The van der Waals surface area contributed by atoms with Gasteiger partial charge in [0.1, 0.15) is 5.75 Å². The second kappa shape index (κ2) is 7.32. The van der Waals surface area contributed by atoms with Crippen molar-refractivity contribution in [1.82, 2.24) is 5.43 Å². The van der Waals surface area contributed by atoms with Crippen molar-refractivity contribution in [2.75, 3.05) is 7.11 Å². The summed E-state index contributed by atoms with van der Waals surface area (Å²) in [5.74, 6) is 1.36. The molecule has 1 heterocycles. The van der Waals surface area contributed by atoms with E-state index in [1.807, 2.05) is 48.5 Å². The third-order valence-corrected chi connectivity index (χ3v) is 4.38. The Balaban J connectivity index is 1.76. The number of hydrogen-bond acceptors (Lipinski definition) is 6. The number of methoxy groups -OCH3 is 1. The SMILES string of the molecule is COc1ccc(C2=Nc3ccccc3C(c3ccc([N+](=O)[O-])cc3)=NN2)cc1. The van der Waals surface area contributed by atoms with Crippen LogP contribution in [-0.2, 0) is 0 Å². The predicted molar refractivity (Wildman–Crippen MR) is 108 cm³/mol. The average Bonchev–Trinajstić information content (AvgIpc) is 2.93. The minimum Gasteiger partial charge on any atom is -0.497 e. The van der Waals surface area contributed by atoms with Crippen LogP contribution in [0.3, 0.4) is 0 Å². The van der Waals surface area contributed by atoms with Gasteiger partial charge in [0.2, 0.25) is 0 Å². The molecule has 7 nitrogen and oxygen atoms in total. The largest absolute Gasteiger partial charge is 0.497 e. The molecule has 0 amide bonds. The van der Waals surface area contributed by atoms with E-state index in [1.165, 1.54) is 12.1 Å². The molecule has 138 valence electrons. The monoisotopic (exact) mass is 372 g/mol. The number of aliphatic imine (C=N–C) groups is 1. The third kappa shape index (κ3) is 3.33. The van der Waals surface area contributed by atoms with Gasteiger partial charge in [-0.1, -0.05) is 18.2 Å². The lowest BCUT2D eigenvalue weighted by molar-refractivity contribution is -0.384. The summed E-state index contributed by atoms with van der Waals surface area (Å²) in [6.07, 6.45) is 0. The summed E-state index contributed by atoms with van der Waals surface area (Å²) in [4.78, 5) is 15.2. The van der Waals surface area contributed by atoms with Gasteiger partial charge in [0.05, 0.1) is 23.4 Å². The first-order chi connectivity index (χ1) is 13.7. The van der Waals surface area contributed by atoms with Crippen molar-refractivity contribution in [2.24, 2.45) is 10.1 Å². The van der Waals surface area contributed by atoms with Gasteiger partial charge in [0, 0.05) is 28.8 Å². The highest BCUT2D eigenvalue weighted by Gasteiger charge is 2.17. The number of hydrazone groups is 1. The van der Waals surface area contributed by atoms with Crippen LogP contribution in [0.5, 0.6) is 5.75 Å². The maximum atomic E-state index is 10.9. The Morgan fingerprint density at radius 2 is 1.61 bits per heavy atom. The van der Waals surface area contributed by atoms with E-state index < -0.39 is 4.92 Å². The summed E-state index contributed by atoms with van der Waals surface area (Å²) >= 11 is 0. The molecule has 28 heavy (non-hydrogen) atoms. The van der Waals surface area contributed by atoms with Gasteiger partial charge in [0.25, 0.3) is 5.69 Å². The van der Waals surface area contributed by atoms with Gasteiger partial charge in [-0.05, 0) is 42.5 Å². The number of amidine groups is 1. The molecular weight excluding hydrogens is 356 g/mol. The van der Waals surface area contributed by atoms with Crippen molar-refractivity contribution in [2.45, 2.75) is 0 Å². The van der Waals surface area contributed by atoms with Crippen LogP contribution >= 0.6 is 0 Å². The predicted octanol–water partition coefficient (Wildman–Crippen LogP) is 4.04. The molecule has 4 rings (SSSR count). The molecule has 3 aromatic carbocycles. The summed E-state index contributed by atoms with van der Waals surface area (Å²) < 4.78 is 5.20. The van der Waals surface area contributed by atoms with Gasteiger partial charge >= 0.3 is 0 Å². The number of nitrogens with zero attached hydrogens (tertiary/aromatic N) is 3. The Morgan fingerprint density at radius 3 is 2.29 bits per heavy atom. The van der Waals surface area contributed by atoms with Gasteiger partial charge in [-0.15, -0.1) is 0 Å². The van der Waals surface area contributed by atoms with Crippen molar-refractivity contribution < 1.29 is 9.66 Å². The van der Waals surface area contributed by atoms with Gasteiger partial charge in [-0.25, -0.2) is 4.99 Å². The first-order valence-electron chi connectivity index (χ1n) is 8.57. The zero-order valence-electron chi connectivity index (χ0n) is 15.0. The Kier molecular flexibility index (Phi) is 4.55. The molecule has 0 bridgehead atoms. The Hall–Kier alpha value is -4.00. The molecule has 0 unspecified atom stereocenters. The molecule has 3 aromatic rings. The molecule has 0 aliphatic carbocycles.